The highest BCUT2D eigenvalue weighted by atomic mass is 35.5. The van der Waals surface area contributed by atoms with E-state index >= 15 is 0 Å². The number of carbonyl (C=O) groups is 1. The smallest absolute Gasteiger partial charge is 0.289 e. The predicted molar refractivity (Wildman–Crippen MR) is 123 cm³/mol. The molecule has 164 valence electrons. The summed E-state index contributed by atoms with van der Waals surface area (Å²) in [7, 11) is 0. The molecule has 2 fully saturated rings. The van der Waals surface area contributed by atoms with Crippen molar-refractivity contribution in [1.82, 2.24) is 14.8 Å². The Bertz CT molecular complexity index is 883. The summed E-state index contributed by atoms with van der Waals surface area (Å²) in [6.07, 6.45) is 7.25. The molecule has 7 nitrogen and oxygen atoms in total. The molecule has 31 heavy (non-hydrogen) atoms. The number of hydrogen-bond acceptors (Lipinski definition) is 5. The standard InChI is InChI=1S/C17H24N6O.C6H5Cl/c18-11-12-1-3-14(4-2-12)22-9-10-23(16(20)17(22)24)15(19)13-5-7-21-8-6-13;7-6-4-2-1-3-5-6/h5-8,12,14,19-20H,1-4,9-11,18H2;1-5H. The van der Waals surface area contributed by atoms with Crippen LogP contribution >= 0.6 is 11.6 Å². The average Bonchev–Trinajstić information content (AvgIpc) is 2.82. The van der Waals surface area contributed by atoms with Crippen LogP contribution in [0, 0.1) is 16.7 Å². The number of amidine groups is 2. The highest BCUT2D eigenvalue weighted by molar-refractivity contribution is 6.40. The summed E-state index contributed by atoms with van der Waals surface area (Å²) >= 11 is 5.54. The van der Waals surface area contributed by atoms with Crippen LogP contribution in [0.2, 0.25) is 5.02 Å². The molecule has 2 aliphatic rings. The molecule has 0 bridgehead atoms. The van der Waals surface area contributed by atoms with E-state index in [-0.39, 0.29) is 23.6 Å². The van der Waals surface area contributed by atoms with Gasteiger partial charge in [0, 0.05) is 42.1 Å². The number of nitrogens with two attached hydrogens (primary N) is 1. The minimum absolute atomic E-state index is 0.107. The molecule has 1 aliphatic carbocycles. The van der Waals surface area contributed by atoms with Gasteiger partial charge in [-0.3, -0.25) is 20.6 Å². The van der Waals surface area contributed by atoms with E-state index in [4.69, 9.17) is 28.2 Å². The molecule has 0 radical (unpaired) electrons. The number of halogens is 1. The molecule has 2 aromatic rings. The van der Waals surface area contributed by atoms with E-state index in [9.17, 15) is 4.79 Å². The van der Waals surface area contributed by atoms with E-state index in [1.807, 2.05) is 35.2 Å². The zero-order valence-corrected chi connectivity index (χ0v) is 18.3. The Hall–Kier alpha value is -2.77. The molecule has 0 spiro atoms. The first-order valence-electron chi connectivity index (χ1n) is 10.6. The van der Waals surface area contributed by atoms with Gasteiger partial charge in [0.25, 0.3) is 5.91 Å². The number of pyridine rings is 1. The second-order valence-electron chi connectivity index (χ2n) is 7.79. The summed E-state index contributed by atoms with van der Waals surface area (Å²) < 4.78 is 0. The molecular formula is C23H29ClN6O. The topological polar surface area (TPSA) is 110 Å². The Morgan fingerprint density at radius 1 is 1.06 bits per heavy atom. The maximum absolute atomic E-state index is 12.6. The van der Waals surface area contributed by atoms with Gasteiger partial charge in [0.1, 0.15) is 5.84 Å². The van der Waals surface area contributed by atoms with Crippen LogP contribution in [0.4, 0.5) is 0 Å². The van der Waals surface area contributed by atoms with E-state index in [0.29, 0.717) is 31.1 Å². The third kappa shape index (κ3) is 5.89. The summed E-state index contributed by atoms with van der Waals surface area (Å²) in [6.45, 7) is 1.77. The Morgan fingerprint density at radius 3 is 2.26 bits per heavy atom. The van der Waals surface area contributed by atoms with E-state index < -0.39 is 0 Å². The predicted octanol–water partition coefficient (Wildman–Crippen LogP) is 3.39. The van der Waals surface area contributed by atoms with Crippen LogP contribution in [0.25, 0.3) is 0 Å². The van der Waals surface area contributed by atoms with Gasteiger partial charge in [0.05, 0.1) is 0 Å². The lowest BCUT2D eigenvalue weighted by Crippen LogP contribution is -2.59. The fraction of sp³-hybridized carbons (Fsp3) is 0.391. The number of carbonyl (C=O) groups excluding carboxylic acids is 1. The van der Waals surface area contributed by atoms with Gasteiger partial charge in [0.15, 0.2) is 5.84 Å². The van der Waals surface area contributed by atoms with Gasteiger partial charge < -0.3 is 15.5 Å². The van der Waals surface area contributed by atoms with Crippen molar-refractivity contribution < 1.29 is 4.79 Å². The van der Waals surface area contributed by atoms with Gasteiger partial charge >= 0.3 is 0 Å². The fourth-order valence-corrected chi connectivity index (χ4v) is 4.16. The van der Waals surface area contributed by atoms with Crippen molar-refractivity contribution in [3.8, 4) is 0 Å². The summed E-state index contributed by atoms with van der Waals surface area (Å²) in [4.78, 5) is 19.9. The van der Waals surface area contributed by atoms with Crippen LogP contribution in [-0.2, 0) is 4.79 Å². The zero-order valence-electron chi connectivity index (χ0n) is 17.5. The highest BCUT2D eigenvalue weighted by Crippen LogP contribution is 2.28. The highest BCUT2D eigenvalue weighted by Gasteiger charge is 2.36. The van der Waals surface area contributed by atoms with Crippen molar-refractivity contribution in [3.63, 3.8) is 0 Å². The molecule has 1 aromatic heterocycles. The van der Waals surface area contributed by atoms with Crippen LogP contribution in [-0.4, -0.2) is 58.0 Å². The first-order valence-corrected chi connectivity index (χ1v) is 11.0. The minimum atomic E-state index is -0.267. The van der Waals surface area contributed by atoms with E-state index in [1.165, 1.54) is 4.90 Å². The van der Waals surface area contributed by atoms with E-state index in [0.717, 1.165) is 30.7 Å². The third-order valence-electron chi connectivity index (χ3n) is 5.85. The molecule has 8 heteroatoms. The zero-order chi connectivity index (χ0) is 22.2. The molecule has 1 aliphatic heterocycles. The van der Waals surface area contributed by atoms with Gasteiger partial charge in [0.2, 0.25) is 0 Å². The number of rotatable bonds is 3. The van der Waals surface area contributed by atoms with Gasteiger partial charge in [-0.1, -0.05) is 29.8 Å². The number of piperazine rings is 1. The van der Waals surface area contributed by atoms with Crippen LogP contribution in [0.3, 0.4) is 0 Å². The maximum Gasteiger partial charge on any atom is 0.289 e. The second-order valence-corrected chi connectivity index (χ2v) is 8.23. The molecule has 2 heterocycles. The van der Waals surface area contributed by atoms with Gasteiger partial charge in [-0.15, -0.1) is 0 Å². The number of benzene rings is 1. The molecule has 4 rings (SSSR count). The first-order chi connectivity index (χ1) is 15.0. The number of aromatic nitrogens is 1. The molecule has 1 aromatic carbocycles. The monoisotopic (exact) mass is 440 g/mol. The molecule has 1 saturated heterocycles. The third-order valence-corrected chi connectivity index (χ3v) is 6.10. The summed E-state index contributed by atoms with van der Waals surface area (Å²) in [6, 6.07) is 13.1. The van der Waals surface area contributed by atoms with Crippen molar-refractivity contribution in [2.45, 2.75) is 31.7 Å². The van der Waals surface area contributed by atoms with Crippen LogP contribution in [0.1, 0.15) is 31.2 Å². The van der Waals surface area contributed by atoms with E-state index in [2.05, 4.69) is 4.98 Å². The average molecular weight is 441 g/mol. The van der Waals surface area contributed by atoms with Crippen molar-refractivity contribution in [3.05, 3.63) is 65.4 Å². The Kier molecular flexibility index (Phi) is 8.14. The lowest BCUT2D eigenvalue weighted by Gasteiger charge is -2.42. The SMILES string of the molecule is Clc1ccccc1.N=C1C(=O)N(C2CCC(CN)CC2)CCN1C(=N)c1ccncc1. The van der Waals surface area contributed by atoms with Crippen molar-refractivity contribution in [2.24, 2.45) is 11.7 Å². The number of nitrogens with zero attached hydrogens (tertiary/aromatic N) is 3. The normalized spacial score (nSPS) is 21.4. The number of hydrogen-bond donors (Lipinski definition) is 3. The van der Waals surface area contributed by atoms with Crippen molar-refractivity contribution in [1.29, 1.82) is 10.8 Å². The summed E-state index contributed by atoms with van der Waals surface area (Å²) in [5, 5.41) is 17.3. The fourth-order valence-electron chi connectivity index (χ4n) is 4.02. The van der Waals surface area contributed by atoms with Crippen LogP contribution in [0.15, 0.2) is 54.9 Å². The Labute approximate surface area is 188 Å². The van der Waals surface area contributed by atoms with E-state index in [1.54, 1.807) is 24.5 Å². The molecule has 4 N–H and O–H groups in total. The molecule has 0 unspecified atom stereocenters. The second kappa shape index (κ2) is 11.0. The van der Waals surface area contributed by atoms with Crippen molar-refractivity contribution in [2.75, 3.05) is 19.6 Å². The molecule has 1 saturated carbocycles. The van der Waals surface area contributed by atoms with Crippen LogP contribution < -0.4 is 5.73 Å². The first kappa shape index (κ1) is 22.9. The largest absolute Gasteiger partial charge is 0.331 e. The summed E-state index contributed by atoms with van der Waals surface area (Å²) in [5.41, 5.74) is 6.40. The Balaban J connectivity index is 0.000000330. The molecule has 1 amide bonds. The Morgan fingerprint density at radius 2 is 1.71 bits per heavy atom. The molecular weight excluding hydrogens is 412 g/mol. The quantitative estimate of drug-likeness (QED) is 0.501. The van der Waals surface area contributed by atoms with Crippen molar-refractivity contribution >= 4 is 29.2 Å². The van der Waals surface area contributed by atoms with Gasteiger partial charge in [-0.2, -0.15) is 0 Å². The van der Waals surface area contributed by atoms with Gasteiger partial charge in [-0.25, -0.2) is 0 Å². The molecule has 0 atom stereocenters. The van der Waals surface area contributed by atoms with Gasteiger partial charge in [-0.05, 0) is 62.4 Å². The number of amides is 1. The number of nitrogens with one attached hydrogen (secondary N) is 2. The minimum Gasteiger partial charge on any atom is -0.331 e. The lowest BCUT2D eigenvalue weighted by molar-refractivity contribution is -0.129. The summed E-state index contributed by atoms with van der Waals surface area (Å²) in [5.74, 6) is 0.375. The lowest BCUT2D eigenvalue weighted by atomic mass is 9.85. The maximum atomic E-state index is 12.6. The van der Waals surface area contributed by atoms with Crippen LogP contribution in [0.5, 0.6) is 0 Å².